The summed E-state index contributed by atoms with van der Waals surface area (Å²) in [4.78, 5) is 26.7. The Bertz CT molecular complexity index is 267. The predicted octanol–water partition coefficient (Wildman–Crippen LogP) is -2.02. The molecule has 0 rings (SSSR count). The van der Waals surface area contributed by atoms with Crippen molar-refractivity contribution in [1.82, 2.24) is 0 Å². The van der Waals surface area contributed by atoms with Crippen molar-refractivity contribution in [2.45, 2.75) is 23.7 Å². The van der Waals surface area contributed by atoms with Crippen molar-refractivity contribution < 1.29 is 39.0 Å². The summed E-state index contributed by atoms with van der Waals surface area (Å²) in [6, 6.07) is 0. The van der Waals surface area contributed by atoms with Crippen LogP contribution in [0.5, 0.6) is 0 Å². The van der Waals surface area contributed by atoms with E-state index in [0.29, 0.717) is 0 Å². The SMILES string of the molecule is O=C[C@@H](Cl)[C@@H](O)[C@H](O)[C@H](O)COP(=O)(O)O. The van der Waals surface area contributed by atoms with Crippen LogP contribution in [0.15, 0.2) is 0 Å². The van der Waals surface area contributed by atoms with Gasteiger partial charge in [0.25, 0.3) is 0 Å². The molecular formula is C6H12ClO8P. The van der Waals surface area contributed by atoms with Crippen molar-refractivity contribution in [3.8, 4) is 0 Å². The third-order valence-electron chi connectivity index (χ3n) is 1.61. The zero-order valence-corrected chi connectivity index (χ0v) is 9.53. The molecule has 0 aromatic heterocycles. The molecule has 0 fully saturated rings. The second-order valence-corrected chi connectivity index (χ2v) is 4.66. The van der Waals surface area contributed by atoms with E-state index in [1.165, 1.54) is 0 Å². The highest BCUT2D eigenvalue weighted by Crippen LogP contribution is 2.35. The van der Waals surface area contributed by atoms with Crippen LogP contribution in [-0.4, -0.2) is 61.7 Å². The number of carbonyl (C=O) groups is 1. The van der Waals surface area contributed by atoms with Crippen molar-refractivity contribution in [3.63, 3.8) is 0 Å². The average molecular weight is 279 g/mol. The number of aliphatic hydroxyl groups is 3. The first kappa shape index (κ1) is 16.0. The highest BCUT2D eigenvalue weighted by Gasteiger charge is 2.31. The van der Waals surface area contributed by atoms with Gasteiger partial charge in [0.2, 0.25) is 0 Å². The van der Waals surface area contributed by atoms with Gasteiger partial charge in [0.05, 0.1) is 6.61 Å². The van der Waals surface area contributed by atoms with Gasteiger partial charge in [-0.05, 0) is 0 Å². The van der Waals surface area contributed by atoms with E-state index in [1.54, 1.807) is 0 Å². The summed E-state index contributed by atoms with van der Waals surface area (Å²) in [5.41, 5.74) is 0. The summed E-state index contributed by atoms with van der Waals surface area (Å²) in [7, 11) is -4.78. The predicted molar refractivity (Wildman–Crippen MR) is 51.7 cm³/mol. The van der Waals surface area contributed by atoms with Crippen molar-refractivity contribution in [2.24, 2.45) is 0 Å². The lowest BCUT2D eigenvalue weighted by molar-refractivity contribution is -0.114. The van der Waals surface area contributed by atoms with Crippen molar-refractivity contribution in [3.05, 3.63) is 0 Å². The smallest absolute Gasteiger partial charge is 0.388 e. The molecule has 96 valence electrons. The molecule has 8 nitrogen and oxygen atoms in total. The third kappa shape index (κ3) is 5.88. The Morgan fingerprint density at radius 3 is 2.12 bits per heavy atom. The van der Waals surface area contributed by atoms with E-state index in [1.807, 2.05) is 0 Å². The summed E-state index contributed by atoms with van der Waals surface area (Å²) in [5, 5.41) is 26.1. The van der Waals surface area contributed by atoms with Gasteiger partial charge in [0, 0.05) is 0 Å². The lowest BCUT2D eigenvalue weighted by Crippen LogP contribution is -2.44. The second-order valence-electron chi connectivity index (χ2n) is 2.92. The molecule has 0 unspecified atom stereocenters. The number of phosphoric ester groups is 1. The summed E-state index contributed by atoms with van der Waals surface area (Å²) < 4.78 is 14.1. The number of hydrogen-bond acceptors (Lipinski definition) is 6. The van der Waals surface area contributed by atoms with Crippen LogP contribution in [0.3, 0.4) is 0 Å². The minimum absolute atomic E-state index is 0.145. The Balaban J connectivity index is 4.22. The number of carbonyl (C=O) groups excluding carboxylic acids is 1. The molecule has 5 N–H and O–H groups in total. The highest BCUT2D eigenvalue weighted by molar-refractivity contribution is 7.46. The van der Waals surface area contributed by atoms with Crippen LogP contribution in [-0.2, 0) is 13.9 Å². The fourth-order valence-corrected chi connectivity index (χ4v) is 1.26. The minimum Gasteiger partial charge on any atom is -0.388 e. The van der Waals surface area contributed by atoms with E-state index in [4.69, 9.17) is 31.6 Å². The zero-order chi connectivity index (χ0) is 12.9. The fourth-order valence-electron chi connectivity index (χ4n) is 0.769. The zero-order valence-electron chi connectivity index (χ0n) is 7.88. The van der Waals surface area contributed by atoms with Gasteiger partial charge in [-0.2, -0.15) is 0 Å². The highest BCUT2D eigenvalue weighted by atomic mass is 35.5. The number of aldehydes is 1. The van der Waals surface area contributed by atoms with Gasteiger partial charge in [-0.3, -0.25) is 4.52 Å². The van der Waals surface area contributed by atoms with E-state index in [9.17, 15) is 14.5 Å². The van der Waals surface area contributed by atoms with Crippen molar-refractivity contribution in [2.75, 3.05) is 6.61 Å². The standard InChI is InChI=1S/C6H12ClO8P/c7-3(1-8)5(10)6(11)4(9)2-15-16(12,13)14/h1,3-6,9-11H,2H2,(H2,12,13,14)/t3-,4-,5-,6-/m1/s1. The lowest BCUT2D eigenvalue weighted by atomic mass is 10.1. The van der Waals surface area contributed by atoms with Gasteiger partial charge in [0.1, 0.15) is 30.0 Å². The second kappa shape index (κ2) is 6.63. The number of rotatable bonds is 7. The fraction of sp³-hybridized carbons (Fsp3) is 0.833. The van der Waals surface area contributed by atoms with Gasteiger partial charge in [-0.1, -0.05) is 0 Å². The van der Waals surface area contributed by atoms with Crippen molar-refractivity contribution in [1.29, 1.82) is 0 Å². The van der Waals surface area contributed by atoms with Gasteiger partial charge in [0.15, 0.2) is 0 Å². The Hall–Kier alpha value is -0.0500. The number of hydrogen-bond donors (Lipinski definition) is 5. The molecule has 0 spiro atoms. The summed E-state index contributed by atoms with van der Waals surface area (Å²) >= 11 is 5.26. The average Bonchev–Trinajstić information content (AvgIpc) is 2.21. The monoisotopic (exact) mass is 278 g/mol. The molecule has 10 heteroatoms. The Labute approximate surface area is 95.7 Å². The van der Waals surface area contributed by atoms with E-state index in [-0.39, 0.29) is 6.29 Å². The summed E-state index contributed by atoms with van der Waals surface area (Å²) in [6.45, 7) is -0.912. The van der Waals surface area contributed by atoms with Crippen LogP contribution in [0.1, 0.15) is 0 Å². The lowest BCUT2D eigenvalue weighted by Gasteiger charge is -2.23. The van der Waals surface area contributed by atoms with E-state index in [2.05, 4.69) is 4.52 Å². The van der Waals surface area contributed by atoms with E-state index in [0.717, 1.165) is 0 Å². The molecule has 0 heterocycles. The molecule has 0 aromatic carbocycles. The molecule has 0 aromatic rings. The molecule has 0 bridgehead atoms. The summed E-state index contributed by atoms with van der Waals surface area (Å²) in [5.74, 6) is 0. The largest absolute Gasteiger partial charge is 0.469 e. The minimum atomic E-state index is -4.78. The maximum atomic E-state index is 10.3. The first-order valence-corrected chi connectivity index (χ1v) is 5.99. The number of aliphatic hydroxyl groups excluding tert-OH is 3. The first-order chi connectivity index (χ1) is 7.19. The molecule has 0 aliphatic carbocycles. The molecule has 16 heavy (non-hydrogen) atoms. The van der Waals surface area contributed by atoms with Gasteiger partial charge in [-0.15, -0.1) is 11.6 Å². The molecule has 0 aliphatic rings. The topological polar surface area (TPSA) is 145 Å². The van der Waals surface area contributed by atoms with Crippen LogP contribution in [0.25, 0.3) is 0 Å². The Kier molecular flexibility index (Phi) is 6.61. The van der Waals surface area contributed by atoms with Gasteiger partial charge in [-0.25, -0.2) is 4.57 Å². The number of halogens is 1. The van der Waals surface area contributed by atoms with Crippen LogP contribution in [0, 0.1) is 0 Å². The molecule has 4 atom stereocenters. The Morgan fingerprint density at radius 2 is 1.75 bits per heavy atom. The van der Waals surface area contributed by atoms with Crippen LogP contribution in [0.4, 0.5) is 0 Å². The van der Waals surface area contributed by atoms with Crippen molar-refractivity contribution >= 4 is 25.7 Å². The maximum absolute atomic E-state index is 10.3. The molecule has 0 radical (unpaired) electrons. The van der Waals surface area contributed by atoms with Gasteiger partial charge >= 0.3 is 7.82 Å². The van der Waals surface area contributed by atoms with Crippen LogP contribution >= 0.6 is 19.4 Å². The van der Waals surface area contributed by atoms with Crippen LogP contribution in [0.2, 0.25) is 0 Å². The number of phosphoric acid groups is 1. The number of alkyl halides is 1. The van der Waals surface area contributed by atoms with Gasteiger partial charge < -0.3 is 29.9 Å². The summed E-state index contributed by atoms with van der Waals surface area (Å²) in [6.07, 6.45) is -5.27. The Morgan fingerprint density at radius 1 is 1.25 bits per heavy atom. The van der Waals surface area contributed by atoms with E-state index < -0.39 is 38.1 Å². The molecular weight excluding hydrogens is 266 g/mol. The quantitative estimate of drug-likeness (QED) is 0.204. The molecule has 0 saturated heterocycles. The molecule has 0 amide bonds. The third-order valence-corrected chi connectivity index (χ3v) is 2.46. The molecule has 0 saturated carbocycles. The molecule has 0 aliphatic heterocycles. The normalized spacial score (nSPS) is 19.9. The first-order valence-electron chi connectivity index (χ1n) is 4.02. The van der Waals surface area contributed by atoms with E-state index >= 15 is 0 Å². The van der Waals surface area contributed by atoms with Crippen LogP contribution < -0.4 is 0 Å². The maximum Gasteiger partial charge on any atom is 0.469 e.